The minimum atomic E-state index is 0.474. The second-order valence-electron chi connectivity index (χ2n) is 6.23. The van der Waals surface area contributed by atoms with Crippen LogP contribution in [0.4, 0.5) is 5.69 Å². The highest BCUT2D eigenvalue weighted by atomic mass is 15.3. The number of pyridine rings is 1. The Bertz CT molecular complexity index is 880. The van der Waals surface area contributed by atoms with E-state index in [1.54, 1.807) is 12.7 Å². The van der Waals surface area contributed by atoms with E-state index in [0.717, 1.165) is 42.6 Å². The summed E-state index contributed by atoms with van der Waals surface area (Å²) in [5.41, 5.74) is 2.47. The van der Waals surface area contributed by atoms with E-state index in [2.05, 4.69) is 32.1 Å². The summed E-state index contributed by atoms with van der Waals surface area (Å²) in [4.78, 5) is 10.8. The van der Waals surface area contributed by atoms with Gasteiger partial charge in [0.2, 0.25) is 0 Å². The zero-order valence-electron chi connectivity index (χ0n) is 13.3. The number of para-hydroxylation sites is 1. The average Bonchev–Trinajstić information content (AvgIpc) is 3.14. The van der Waals surface area contributed by atoms with Gasteiger partial charge in [-0.05, 0) is 30.9 Å². The molecule has 0 saturated carbocycles. The van der Waals surface area contributed by atoms with E-state index < -0.39 is 0 Å². The Kier molecular flexibility index (Phi) is 3.83. The summed E-state index contributed by atoms with van der Waals surface area (Å²) >= 11 is 0. The Balaban J connectivity index is 1.65. The normalized spacial score (nSPS) is 17.8. The Morgan fingerprint density at radius 1 is 1.29 bits per heavy atom. The Hall–Kier alpha value is -2.94. The predicted molar refractivity (Wildman–Crippen MR) is 91.4 cm³/mol. The molecule has 6 heteroatoms. The molecule has 24 heavy (non-hydrogen) atoms. The van der Waals surface area contributed by atoms with Crippen LogP contribution in [0.5, 0.6) is 0 Å². The SMILES string of the molecule is N#Cc1cc(N2CCCC(Cn3cncn3)C2)c2ccccc2n1. The first-order valence-electron chi connectivity index (χ1n) is 8.21. The van der Waals surface area contributed by atoms with Crippen LogP contribution in [0.1, 0.15) is 18.5 Å². The monoisotopic (exact) mass is 318 g/mol. The lowest BCUT2D eigenvalue weighted by molar-refractivity contribution is 0.352. The van der Waals surface area contributed by atoms with E-state index in [1.165, 1.54) is 6.42 Å². The molecule has 1 saturated heterocycles. The predicted octanol–water partition coefficient (Wildman–Crippen LogP) is 2.61. The number of benzene rings is 1. The van der Waals surface area contributed by atoms with E-state index in [4.69, 9.17) is 0 Å². The first kappa shape index (κ1) is 14.6. The van der Waals surface area contributed by atoms with Crippen LogP contribution in [0.3, 0.4) is 0 Å². The molecular weight excluding hydrogens is 300 g/mol. The van der Waals surface area contributed by atoms with Gasteiger partial charge in [0.1, 0.15) is 24.4 Å². The number of nitriles is 1. The number of nitrogens with zero attached hydrogens (tertiary/aromatic N) is 6. The van der Waals surface area contributed by atoms with E-state index >= 15 is 0 Å². The summed E-state index contributed by atoms with van der Waals surface area (Å²) in [6.45, 7) is 2.84. The van der Waals surface area contributed by atoms with Crippen LogP contribution in [-0.2, 0) is 6.54 Å². The number of rotatable bonds is 3. The second-order valence-corrected chi connectivity index (χ2v) is 6.23. The molecule has 4 rings (SSSR count). The quantitative estimate of drug-likeness (QED) is 0.742. The van der Waals surface area contributed by atoms with Crippen molar-refractivity contribution in [2.24, 2.45) is 5.92 Å². The standard InChI is InChI=1S/C18H18N6/c19-9-15-8-18(16-5-1-2-6-17(16)22-15)23-7-3-4-14(10-23)11-24-13-20-12-21-24/h1-2,5-6,8,12-14H,3-4,7,10-11H2. The molecule has 6 nitrogen and oxygen atoms in total. The largest absolute Gasteiger partial charge is 0.371 e. The van der Waals surface area contributed by atoms with Gasteiger partial charge >= 0.3 is 0 Å². The third-order valence-corrected chi connectivity index (χ3v) is 4.58. The van der Waals surface area contributed by atoms with Crippen LogP contribution < -0.4 is 4.90 Å². The molecule has 1 aliphatic heterocycles. The van der Waals surface area contributed by atoms with Crippen LogP contribution in [0, 0.1) is 17.2 Å². The van der Waals surface area contributed by atoms with Gasteiger partial charge in [0.25, 0.3) is 0 Å². The molecule has 3 aromatic rings. The van der Waals surface area contributed by atoms with Crippen LogP contribution >= 0.6 is 0 Å². The van der Waals surface area contributed by atoms with Crippen LogP contribution in [0.25, 0.3) is 10.9 Å². The van der Waals surface area contributed by atoms with Gasteiger partial charge in [0, 0.05) is 30.7 Å². The topological polar surface area (TPSA) is 70.6 Å². The minimum Gasteiger partial charge on any atom is -0.371 e. The van der Waals surface area contributed by atoms with Crippen molar-refractivity contribution < 1.29 is 0 Å². The fraction of sp³-hybridized carbons (Fsp3) is 0.333. The second kappa shape index (κ2) is 6.28. The third kappa shape index (κ3) is 2.81. The molecule has 1 unspecified atom stereocenters. The zero-order valence-corrected chi connectivity index (χ0v) is 13.3. The summed E-state index contributed by atoms with van der Waals surface area (Å²) in [5, 5.41) is 14.6. The van der Waals surface area contributed by atoms with E-state index in [-0.39, 0.29) is 0 Å². The number of fused-ring (bicyclic) bond motifs is 1. The van der Waals surface area contributed by atoms with Gasteiger partial charge in [-0.25, -0.2) is 9.97 Å². The van der Waals surface area contributed by atoms with Gasteiger partial charge in [-0.2, -0.15) is 10.4 Å². The fourth-order valence-electron chi connectivity index (χ4n) is 3.50. The first-order chi connectivity index (χ1) is 11.8. The Morgan fingerprint density at radius 3 is 3.04 bits per heavy atom. The minimum absolute atomic E-state index is 0.474. The zero-order chi connectivity index (χ0) is 16.4. The highest BCUT2D eigenvalue weighted by Gasteiger charge is 2.22. The maximum atomic E-state index is 9.29. The van der Waals surface area contributed by atoms with Crippen LogP contribution in [-0.4, -0.2) is 32.8 Å². The maximum Gasteiger partial charge on any atom is 0.143 e. The van der Waals surface area contributed by atoms with Gasteiger partial charge in [0.15, 0.2) is 0 Å². The van der Waals surface area contributed by atoms with Crippen LogP contribution in [0.2, 0.25) is 0 Å². The van der Waals surface area contributed by atoms with Crippen molar-refractivity contribution in [1.82, 2.24) is 19.7 Å². The van der Waals surface area contributed by atoms with Crippen molar-refractivity contribution in [1.29, 1.82) is 5.26 Å². The van der Waals surface area contributed by atoms with Crippen molar-refractivity contribution in [3.8, 4) is 6.07 Å². The number of anilines is 1. The summed E-state index contributed by atoms with van der Waals surface area (Å²) in [6.07, 6.45) is 5.67. The van der Waals surface area contributed by atoms with E-state index in [0.29, 0.717) is 11.6 Å². The summed E-state index contributed by atoms with van der Waals surface area (Å²) in [6, 6.07) is 12.1. The molecule has 0 N–H and O–H groups in total. The molecule has 0 spiro atoms. The molecule has 120 valence electrons. The molecule has 3 heterocycles. The van der Waals surface area contributed by atoms with Crippen molar-refractivity contribution >= 4 is 16.6 Å². The van der Waals surface area contributed by atoms with E-state index in [9.17, 15) is 5.26 Å². The van der Waals surface area contributed by atoms with Crippen molar-refractivity contribution in [3.05, 3.63) is 48.7 Å². The van der Waals surface area contributed by atoms with Crippen LogP contribution in [0.15, 0.2) is 43.0 Å². The van der Waals surface area contributed by atoms with Gasteiger partial charge in [-0.15, -0.1) is 0 Å². The number of hydrogen-bond acceptors (Lipinski definition) is 5. The molecule has 2 aromatic heterocycles. The number of hydrogen-bond donors (Lipinski definition) is 0. The third-order valence-electron chi connectivity index (χ3n) is 4.58. The van der Waals surface area contributed by atoms with Crippen molar-refractivity contribution in [2.75, 3.05) is 18.0 Å². The average molecular weight is 318 g/mol. The molecule has 0 amide bonds. The molecule has 0 bridgehead atoms. The van der Waals surface area contributed by atoms with Gasteiger partial charge in [-0.3, -0.25) is 4.68 Å². The molecular formula is C18H18N6. The van der Waals surface area contributed by atoms with Gasteiger partial charge < -0.3 is 4.90 Å². The lowest BCUT2D eigenvalue weighted by atomic mass is 9.97. The summed E-state index contributed by atoms with van der Waals surface area (Å²) in [7, 11) is 0. The highest BCUT2D eigenvalue weighted by Crippen LogP contribution is 2.30. The lowest BCUT2D eigenvalue weighted by Crippen LogP contribution is -2.37. The number of aromatic nitrogens is 4. The Morgan fingerprint density at radius 2 is 2.21 bits per heavy atom. The number of piperidine rings is 1. The van der Waals surface area contributed by atoms with Crippen molar-refractivity contribution in [2.45, 2.75) is 19.4 Å². The molecule has 1 aliphatic rings. The summed E-state index contributed by atoms with van der Waals surface area (Å²) < 4.78 is 1.90. The Labute approximate surface area is 140 Å². The summed E-state index contributed by atoms with van der Waals surface area (Å²) in [5.74, 6) is 0.526. The van der Waals surface area contributed by atoms with Gasteiger partial charge in [0.05, 0.1) is 5.52 Å². The highest BCUT2D eigenvalue weighted by molar-refractivity contribution is 5.92. The fourth-order valence-corrected chi connectivity index (χ4v) is 3.50. The molecule has 1 atom stereocenters. The molecule has 1 aromatic carbocycles. The maximum absolute atomic E-state index is 9.29. The van der Waals surface area contributed by atoms with E-state index in [1.807, 2.05) is 28.9 Å². The van der Waals surface area contributed by atoms with Crippen molar-refractivity contribution in [3.63, 3.8) is 0 Å². The lowest BCUT2D eigenvalue weighted by Gasteiger charge is -2.35. The first-order valence-corrected chi connectivity index (χ1v) is 8.21. The molecule has 0 radical (unpaired) electrons. The molecule has 1 fully saturated rings. The van der Waals surface area contributed by atoms with Gasteiger partial charge in [-0.1, -0.05) is 18.2 Å². The molecule has 0 aliphatic carbocycles. The smallest absolute Gasteiger partial charge is 0.143 e.